The van der Waals surface area contributed by atoms with Crippen molar-refractivity contribution in [3.8, 4) is 5.75 Å². The van der Waals surface area contributed by atoms with Crippen molar-refractivity contribution in [1.29, 1.82) is 0 Å². The van der Waals surface area contributed by atoms with Crippen LogP contribution in [0.5, 0.6) is 5.75 Å². The van der Waals surface area contributed by atoms with Gasteiger partial charge in [0, 0.05) is 16.4 Å². The van der Waals surface area contributed by atoms with Crippen LogP contribution in [0.15, 0.2) is 52.1 Å². The number of carbonyl (C=O) groups is 1. The molecule has 21 heavy (non-hydrogen) atoms. The number of nitrogens with zero attached hydrogens (tertiary/aromatic N) is 1. The summed E-state index contributed by atoms with van der Waals surface area (Å²) >= 11 is 4.75. The largest absolute Gasteiger partial charge is 0.497 e. The van der Waals surface area contributed by atoms with Gasteiger partial charge in [0.15, 0.2) is 0 Å². The predicted octanol–water partition coefficient (Wildman–Crippen LogP) is 3.97. The minimum absolute atomic E-state index is 0.0603. The molecule has 6 heteroatoms. The highest BCUT2D eigenvalue weighted by atomic mass is 79.9. The third-order valence-electron chi connectivity index (χ3n) is 2.72. The number of nitrogens with one attached hydrogen (secondary N) is 1. The molecule has 0 radical (unpaired) electrons. The molecule has 1 heterocycles. The second-order valence-corrected chi connectivity index (χ2v) is 6.57. The van der Waals surface area contributed by atoms with E-state index in [0.717, 1.165) is 20.9 Å². The average Bonchev–Trinajstić information content (AvgIpc) is 2.50. The van der Waals surface area contributed by atoms with Crippen LogP contribution in [0.25, 0.3) is 0 Å². The number of carbonyl (C=O) groups excluding carboxylic acids is 1. The molecule has 0 aliphatic heterocycles. The third-order valence-corrected chi connectivity index (χ3v) is 4.24. The maximum Gasteiger partial charge on any atom is 0.237 e. The van der Waals surface area contributed by atoms with Gasteiger partial charge in [0.05, 0.1) is 17.4 Å². The number of pyridine rings is 1. The van der Waals surface area contributed by atoms with E-state index >= 15 is 0 Å². The summed E-state index contributed by atoms with van der Waals surface area (Å²) in [7, 11) is 1.61. The SMILES string of the molecule is COc1ccc(NC(=O)C(C)Sc2ccc(Br)cn2)cc1. The molecule has 0 aliphatic carbocycles. The summed E-state index contributed by atoms with van der Waals surface area (Å²) in [4.78, 5) is 16.4. The summed E-state index contributed by atoms with van der Waals surface area (Å²) < 4.78 is 6.00. The summed E-state index contributed by atoms with van der Waals surface area (Å²) in [6.07, 6.45) is 1.72. The van der Waals surface area contributed by atoms with Crippen LogP contribution in [0.3, 0.4) is 0 Å². The first-order valence-corrected chi connectivity index (χ1v) is 7.99. The van der Waals surface area contributed by atoms with E-state index in [9.17, 15) is 4.79 Å². The number of aromatic nitrogens is 1. The molecule has 1 amide bonds. The number of methoxy groups -OCH3 is 1. The highest BCUT2D eigenvalue weighted by molar-refractivity contribution is 9.10. The van der Waals surface area contributed by atoms with Crippen molar-refractivity contribution in [1.82, 2.24) is 4.98 Å². The molecule has 0 saturated heterocycles. The predicted molar refractivity (Wildman–Crippen MR) is 88.9 cm³/mol. The Bertz CT molecular complexity index is 602. The fourth-order valence-corrected chi connectivity index (χ4v) is 2.61. The van der Waals surface area contributed by atoms with Crippen molar-refractivity contribution >= 4 is 39.3 Å². The van der Waals surface area contributed by atoms with Gasteiger partial charge in [-0.05, 0) is 59.3 Å². The Balaban J connectivity index is 1.93. The van der Waals surface area contributed by atoms with Gasteiger partial charge in [-0.3, -0.25) is 4.79 Å². The zero-order chi connectivity index (χ0) is 15.2. The van der Waals surface area contributed by atoms with E-state index in [2.05, 4.69) is 26.2 Å². The van der Waals surface area contributed by atoms with E-state index in [-0.39, 0.29) is 11.2 Å². The molecular formula is C15H15BrN2O2S. The number of hydrogen-bond donors (Lipinski definition) is 1. The number of anilines is 1. The van der Waals surface area contributed by atoms with Gasteiger partial charge >= 0.3 is 0 Å². The second kappa shape index (κ2) is 7.47. The lowest BCUT2D eigenvalue weighted by Gasteiger charge is -2.12. The van der Waals surface area contributed by atoms with E-state index in [1.807, 2.05) is 43.3 Å². The Morgan fingerprint density at radius 2 is 2.00 bits per heavy atom. The van der Waals surface area contributed by atoms with Gasteiger partial charge in [0.1, 0.15) is 5.75 Å². The van der Waals surface area contributed by atoms with Crippen molar-refractivity contribution in [2.45, 2.75) is 17.2 Å². The molecule has 1 N–H and O–H groups in total. The first-order valence-electron chi connectivity index (χ1n) is 6.31. The molecule has 1 unspecified atom stereocenters. The Morgan fingerprint density at radius 1 is 1.29 bits per heavy atom. The molecule has 2 rings (SSSR count). The van der Waals surface area contributed by atoms with Gasteiger partial charge in [0.25, 0.3) is 0 Å². The first-order chi connectivity index (χ1) is 10.1. The fraction of sp³-hybridized carbons (Fsp3) is 0.200. The monoisotopic (exact) mass is 366 g/mol. The van der Waals surface area contributed by atoms with Crippen LogP contribution in [0.2, 0.25) is 0 Å². The molecule has 0 bridgehead atoms. The van der Waals surface area contributed by atoms with Gasteiger partial charge in [-0.2, -0.15) is 0 Å². The Morgan fingerprint density at radius 3 is 2.57 bits per heavy atom. The lowest BCUT2D eigenvalue weighted by Crippen LogP contribution is -2.22. The Labute approximate surface area is 136 Å². The van der Waals surface area contributed by atoms with E-state index in [0.29, 0.717) is 0 Å². The maximum atomic E-state index is 12.1. The smallest absolute Gasteiger partial charge is 0.237 e. The molecular weight excluding hydrogens is 352 g/mol. The molecule has 0 saturated carbocycles. The zero-order valence-corrected chi connectivity index (χ0v) is 14.1. The summed E-state index contributed by atoms with van der Waals surface area (Å²) in [6.45, 7) is 1.85. The fourth-order valence-electron chi connectivity index (χ4n) is 1.58. The molecule has 4 nitrogen and oxygen atoms in total. The van der Waals surface area contributed by atoms with Crippen LogP contribution >= 0.6 is 27.7 Å². The van der Waals surface area contributed by atoms with Crippen LogP contribution < -0.4 is 10.1 Å². The van der Waals surface area contributed by atoms with Gasteiger partial charge < -0.3 is 10.1 Å². The summed E-state index contributed by atoms with van der Waals surface area (Å²) in [5.74, 6) is 0.698. The summed E-state index contributed by atoms with van der Waals surface area (Å²) in [6, 6.07) is 11.0. The van der Waals surface area contributed by atoms with Crippen LogP contribution in [0.4, 0.5) is 5.69 Å². The molecule has 1 aromatic heterocycles. The molecule has 0 fully saturated rings. The highest BCUT2D eigenvalue weighted by Gasteiger charge is 2.15. The highest BCUT2D eigenvalue weighted by Crippen LogP contribution is 2.23. The van der Waals surface area contributed by atoms with E-state index in [4.69, 9.17) is 4.74 Å². The molecule has 0 spiro atoms. The van der Waals surface area contributed by atoms with E-state index < -0.39 is 0 Å². The number of hydrogen-bond acceptors (Lipinski definition) is 4. The van der Waals surface area contributed by atoms with Crippen molar-refractivity contribution in [2.75, 3.05) is 12.4 Å². The third kappa shape index (κ3) is 4.75. The topological polar surface area (TPSA) is 51.2 Å². The van der Waals surface area contributed by atoms with Crippen molar-refractivity contribution < 1.29 is 9.53 Å². The number of halogens is 1. The van der Waals surface area contributed by atoms with Crippen molar-refractivity contribution in [3.05, 3.63) is 47.1 Å². The minimum Gasteiger partial charge on any atom is -0.497 e. The Hall–Kier alpha value is -1.53. The summed E-state index contributed by atoms with van der Waals surface area (Å²) in [5, 5.41) is 3.45. The number of benzene rings is 1. The van der Waals surface area contributed by atoms with Crippen LogP contribution in [-0.4, -0.2) is 23.3 Å². The minimum atomic E-state index is -0.235. The van der Waals surface area contributed by atoms with Crippen LogP contribution in [0.1, 0.15) is 6.92 Å². The normalized spacial score (nSPS) is 11.8. The van der Waals surface area contributed by atoms with Gasteiger partial charge in [-0.25, -0.2) is 4.98 Å². The van der Waals surface area contributed by atoms with Gasteiger partial charge in [0.2, 0.25) is 5.91 Å². The van der Waals surface area contributed by atoms with Gasteiger partial charge in [-0.1, -0.05) is 11.8 Å². The zero-order valence-electron chi connectivity index (χ0n) is 11.7. The van der Waals surface area contributed by atoms with E-state index in [1.54, 1.807) is 13.3 Å². The number of amides is 1. The van der Waals surface area contributed by atoms with Crippen molar-refractivity contribution in [3.63, 3.8) is 0 Å². The summed E-state index contributed by atoms with van der Waals surface area (Å²) in [5.41, 5.74) is 0.747. The lowest BCUT2D eigenvalue weighted by atomic mass is 10.3. The van der Waals surface area contributed by atoms with Crippen LogP contribution in [-0.2, 0) is 4.79 Å². The molecule has 0 aliphatic rings. The number of rotatable bonds is 5. The van der Waals surface area contributed by atoms with Crippen LogP contribution in [0, 0.1) is 0 Å². The maximum absolute atomic E-state index is 12.1. The van der Waals surface area contributed by atoms with Gasteiger partial charge in [-0.15, -0.1) is 0 Å². The molecule has 1 aromatic carbocycles. The Kier molecular flexibility index (Phi) is 5.64. The second-order valence-electron chi connectivity index (χ2n) is 4.29. The van der Waals surface area contributed by atoms with E-state index in [1.165, 1.54) is 11.8 Å². The molecule has 2 aromatic rings. The quantitative estimate of drug-likeness (QED) is 0.813. The molecule has 1 atom stereocenters. The first kappa shape index (κ1) is 15.9. The average molecular weight is 367 g/mol. The standard InChI is InChI=1S/C15H15BrN2O2S/c1-10(21-14-8-3-11(16)9-17-14)15(19)18-12-4-6-13(20-2)7-5-12/h3-10H,1-2H3,(H,18,19). The van der Waals surface area contributed by atoms with Crippen molar-refractivity contribution in [2.24, 2.45) is 0 Å². The number of thioether (sulfide) groups is 1. The molecule has 110 valence electrons. The lowest BCUT2D eigenvalue weighted by molar-refractivity contribution is -0.115. The number of ether oxygens (including phenoxy) is 1.